The molecule has 18 heteroatoms. The Bertz CT molecular complexity index is 1810. The van der Waals surface area contributed by atoms with E-state index >= 15 is 0 Å². The van der Waals surface area contributed by atoms with E-state index in [1.165, 1.54) is 13.8 Å². The summed E-state index contributed by atoms with van der Waals surface area (Å²) in [5.41, 5.74) is 5.71. The molecular weight excluding hydrogens is 837 g/mol. The Hall–Kier alpha value is -4.81. The smallest absolute Gasteiger partial charge is 0.405 e. The lowest BCUT2D eigenvalue weighted by Crippen LogP contribution is -2.65. The fourth-order valence-corrected chi connectivity index (χ4v) is 9.13. The maximum absolute atomic E-state index is 14.3. The van der Waals surface area contributed by atoms with Crippen molar-refractivity contribution in [3.05, 3.63) is 29.8 Å². The van der Waals surface area contributed by atoms with Crippen LogP contribution in [0.5, 0.6) is 0 Å². The van der Waals surface area contributed by atoms with E-state index in [2.05, 4.69) is 20.7 Å². The van der Waals surface area contributed by atoms with Crippen molar-refractivity contribution in [2.24, 2.45) is 23.5 Å². The van der Waals surface area contributed by atoms with Crippen LogP contribution in [0.25, 0.3) is 0 Å². The molecule has 18 nitrogen and oxygen atoms in total. The summed E-state index contributed by atoms with van der Waals surface area (Å²) < 4.78 is 16.7. The Labute approximate surface area is 386 Å². The molecular formula is C47H78N8O10. The van der Waals surface area contributed by atoms with E-state index in [1.54, 1.807) is 61.2 Å². The second-order valence-electron chi connectivity index (χ2n) is 18.6. The van der Waals surface area contributed by atoms with Gasteiger partial charge < -0.3 is 50.6 Å². The predicted molar refractivity (Wildman–Crippen MR) is 247 cm³/mol. The summed E-state index contributed by atoms with van der Waals surface area (Å²) in [6, 6.07) is 4.64. The Morgan fingerprint density at radius 3 is 2.09 bits per heavy atom. The van der Waals surface area contributed by atoms with Crippen LogP contribution in [0.2, 0.25) is 0 Å². The number of benzene rings is 1. The van der Waals surface area contributed by atoms with Crippen LogP contribution < -0.4 is 21.7 Å². The fraction of sp³-hybridized carbons (Fsp3) is 0.723. The molecule has 3 rings (SSSR count). The lowest BCUT2D eigenvalue weighted by atomic mass is 9.74. The number of nitrogens with two attached hydrogens (primary N) is 1. The number of methoxy groups -OCH3 is 2. The first-order chi connectivity index (χ1) is 30.5. The first-order valence-corrected chi connectivity index (χ1v) is 23.1. The molecule has 1 saturated heterocycles. The van der Waals surface area contributed by atoms with Crippen LogP contribution in [0.3, 0.4) is 0 Å². The highest BCUT2D eigenvalue weighted by Crippen LogP contribution is 2.37. The number of likely N-dealkylation sites (tertiary alicyclic amines) is 1. The Kier molecular flexibility index (Phi) is 20.7. The van der Waals surface area contributed by atoms with Crippen molar-refractivity contribution >= 4 is 47.2 Å². The molecule has 9 atom stereocenters. The quantitative estimate of drug-likeness (QED) is 0.118. The average molecular weight is 915 g/mol. The zero-order chi connectivity index (χ0) is 48.9. The van der Waals surface area contributed by atoms with E-state index in [4.69, 9.17) is 15.2 Å². The highest BCUT2D eigenvalue weighted by atomic mass is 16.6. The van der Waals surface area contributed by atoms with Crippen LogP contribution >= 0.6 is 0 Å². The highest BCUT2D eigenvalue weighted by Gasteiger charge is 2.48. The molecule has 1 aliphatic heterocycles. The molecule has 2 fully saturated rings. The van der Waals surface area contributed by atoms with Gasteiger partial charge in [-0.3, -0.25) is 33.7 Å². The number of hydrogen-bond donors (Lipinski definition) is 4. The molecule has 1 aromatic carbocycles. The monoisotopic (exact) mass is 915 g/mol. The van der Waals surface area contributed by atoms with Gasteiger partial charge in [0, 0.05) is 47.1 Å². The number of nitrogens with zero attached hydrogens (tertiary/aromatic N) is 4. The molecule has 0 bridgehead atoms. The largest absolute Gasteiger partial charge is 0.437 e. The third-order valence-corrected chi connectivity index (χ3v) is 13.6. The van der Waals surface area contributed by atoms with Gasteiger partial charge in [-0.25, -0.2) is 4.79 Å². The van der Waals surface area contributed by atoms with Crippen LogP contribution in [0.1, 0.15) is 99.0 Å². The molecule has 0 spiro atoms. The summed E-state index contributed by atoms with van der Waals surface area (Å²) in [6.07, 6.45) is 1.54. The maximum atomic E-state index is 14.3. The summed E-state index contributed by atoms with van der Waals surface area (Å²) in [7, 11) is 10.4. The topological polar surface area (TPSA) is 222 Å². The number of rotatable bonds is 24. The summed E-state index contributed by atoms with van der Waals surface area (Å²) >= 11 is 0. The summed E-state index contributed by atoms with van der Waals surface area (Å²) in [5, 5.41) is 8.35. The van der Waals surface area contributed by atoms with E-state index in [0.29, 0.717) is 31.6 Å². The van der Waals surface area contributed by atoms with Crippen LogP contribution in [-0.2, 0) is 49.4 Å². The highest BCUT2D eigenvalue weighted by molar-refractivity contribution is 5.97. The molecule has 2 aliphatic rings. The van der Waals surface area contributed by atoms with Crippen LogP contribution in [-0.4, -0.2) is 165 Å². The number of amides is 7. The predicted octanol–water partition coefficient (Wildman–Crippen LogP) is 3.16. The van der Waals surface area contributed by atoms with E-state index < -0.39 is 65.8 Å². The van der Waals surface area contributed by atoms with E-state index in [-0.39, 0.29) is 47.9 Å². The maximum Gasteiger partial charge on any atom is 0.405 e. The summed E-state index contributed by atoms with van der Waals surface area (Å²) in [6.45, 7) is 13.4. The number of carbonyl (C=O) groups is 7. The van der Waals surface area contributed by atoms with Gasteiger partial charge in [0.25, 0.3) is 5.91 Å². The van der Waals surface area contributed by atoms with Crippen molar-refractivity contribution in [2.45, 2.75) is 148 Å². The minimum absolute atomic E-state index is 0.0128. The lowest BCUT2D eigenvalue weighted by molar-refractivity contribution is -0.150. The van der Waals surface area contributed by atoms with Gasteiger partial charge >= 0.3 is 6.09 Å². The van der Waals surface area contributed by atoms with Gasteiger partial charge in [-0.15, -0.1) is 0 Å². The number of ether oxygens (including phenoxy) is 3. The van der Waals surface area contributed by atoms with Gasteiger partial charge in [-0.1, -0.05) is 53.2 Å². The normalized spacial score (nSPS) is 19.4. The standard InChI is InChI=1S/C47H78N8O10/c1-14-29(4)39(54(11)44(60)38(28(2)3)51-45(61)47(52(8)9)22-17-23-47)36(63-12)27-37(56)55-24-16-20-35(55)40(64-13)30(5)43(59)53(10)25-21-33-18-15-19-34(26-33)50-41(57)31(6)49-42(58)32(7)65-46(48)62/h15,18-19,26,28-32,35-36,38-40H,14,16-17,20-25,27H2,1-13H3,(H2,48,62)(H,49,58)(H,50,57)(H,51,61)/t29-,30+,31-,32-,35-,36+,38-,39-,40+/m0/s1. The molecule has 0 unspecified atom stereocenters. The molecule has 0 radical (unpaired) electrons. The van der Waals surface area contributed by atoms with Crippen LogP contribution in [0.4, 0.5) is 10.5 Å². The average Bonchev–Trinajstić information content (AvgIpc) is 3.72. The second-order valence-corrected chi connectivity index (χ2v) is 18.6. The second kappa shape index (κ2) is 24.6. The van der Waals surface area contributed by atoms with E-state index in [9.17, 15) is 33.6 Å². The molecule has 1 heterocycles. The lowest BCUT2D eigenvalue weighted by Gasteiger charge is -2.46. The number of nitrogens with one attached hydrogen (secondary N) is 3. The van der Waals surface area contributed by atoms with Gasteiger partial charge in [-0.05, 0) is 96.0 Å². The summed E-state index contributed by atoms with van der Waals surface area (Å²) in [5.74, 6) is -2.63. The van der Waals surface area contributed by atoms with Crippen molar-refractivity contribution in [3.63, 3.8) is 0 Å². The Morgan fingerprint density at radius 1 is 0.892 bits per heavy atom. The molecule has 1 aliphatic carbocycles. The van der Waals surface area contributed by atoms with E-state index in [0.717, 1.165) is 37.7 Å². The fourth-order valence-electron chi connectivity index (χ4n) is 9.13. The van der Waals surface area contributed by atoms with Gasteiger partial charge in [0.1, 0.15) is 12.1 Å². The minimum Gasteiger partial charge on any atom is -0.437 e. The van der Waals surface area contributed by atoms with Crippen LogP contribution in [0.15, 0.2) is 24.3 Å². The first kappa shape index (κ1) is 54.5. The van der Waals surface area contributed by atoms with Gasteiger partial charge in [0.05, 0.1) is 42.2 Å². The summed E-state index contributed by atoms with van der Waals surface area (Å²) in [4.78, 5) is 99.4. The zero-order valence-corrected chi connectivity index (χ0v) is 41.1. The van der Waals surface area contributed by atoms with Gasteiger partial charge in [0.15, 0.2) is 6.10 Å². The Morgan fingerprint density at radius 2 is 1.55 bits per heavy atom. The molecule has 366 valence electrons. The van der Waals surface area contributed by atoms with Crippen molar-refractivity contribution in [2.75, 3.05) is 60.8 Å². The van der Waals surface area contributed by atoms with Crippen molar-refractivity contribution in [3.8, 4) is 0 Å². The number of primary amides is 1. The SMILES string of the molecule is CC[C@H](C)[C@@H]([C@@H](CC(=O)N1CCC[C@H]1[C@H](OC)[C@@H](C)C(=O)N(C)CCc1cccc(NC(=O)[C@H](C)NC(=O)[C@H](C)OC(N)=O)c1)OC)N(C)C(=O)[C@@H](NC(=O)C1(N(C)C)CCC1)C(C)C. The number of carbonyl (C=O) groups excluding carboxylic acids is 7. The van der Waals surface area contributed by atoms with E-state index in [1.807, 2.05) is 59.7 Å². The van der Waals surface area contributed by atoms with Crippen molar-refractivity contribution in [1.29, 1.82) is 0 Å². The first-order valence-electron chi connectivity index (χ1n) is 23.1. The molecule has 5 N–H and O–H groups in total. The molecule has 7 amide bonds. The number of anilines is 1. The number of hydrogen-bond acceptors (Lipinski definition) is 11. The molecule has 0 aromatic heterocycles. The van der Waals surface area contributed by atoms with Gasteiger partial charge in [-0.2, -0.15) is 0 Å². The molecule has 1 saturated carbocycles. The van der Waals surface area contributed by atoms with Gasteiger partial charge in [0.2, 0.25) is 29.5 Å². The van der Waals surface area contributed by atoms with Crippen molar-refractivity contribution < 1.29 is 47.8 Å². The molecule has 65 heavy (non-hydrogen) atoms. The Balaban J connectivity index is 1.67. The van der Waals surface area contributed by atoms with Crippen molar-refractivity contribution in [1.82, 2.24) is 30.2 Å². The third kappa shape index (κ3) is 13.9. The van der Waals surface area contributed by atoms with Crippen LogP contribution in [0, 0.1) is 17.8 Å². The third-order valence-electron chi connectivity index (χ3n) is 13.6. The number of likely N-dealkylation sites (N-methyl/N-ethyl adjacent to an activating group) is 3. The minimum atomic E-state index is -1.17. The molecule has 1 aromatic rings. The zero-order valence-electron chi connectivity index (χ0n) is 41.1.